The number of esters is 2. The maximum absolute atomic E-state index is 12.6. The highest BCUT2D eigenvalue weighted by molar-refractivity contribution is 7.80. The number of carbonyl (C=O) groups excluding carboxylic acids is 5. The second-order valence-electron chi connectivity index (χ2n) is 22.1. The first-order valence-electron chi connectivity index (χ1n) is 29.5. The van der Waals surface area contributed by atoms with E-state index in [-0.39, 0.29) is 54.9 Å². The fraction of sp³-hybridized carbons (Fsp3) is 0.694. The van der Waals surface area contributed by atoms with Crippen molar-refractivity contribution in [2.75, 3.05) is 65.9 Å². The second kappa shape index (κ2) is 49.8. The molecule has 0 saturated carbocycles. The van der Waals surface area contributed by atoms with Gasteiger partial charge < -0.3 is 60.3 Å². The van der Waals surface area contributed by atoms with Crippen molar-refractivity contribution < 1.29 is 52.4 Å². The monoisotopic (exact) mass is 1170 g/mol. The number of carbonyl (C=O) groups is 5. The number of nitrogens with one attached hydrogen (secondary N) is 6. The number of rotatable bonds is 41. The van der Waals surface area contributed by atoms with E-state index in [0.29, 0.717) is 119 Å². The van der Waals surface area contributed by atoms with Gasteiger partial charge in [-0.3, -0.25) is 14.4 Å². The van der Waals surface area contributed by atoms with E-state index >= 15 is 0 Å². The lowest BCUT2D eigenvalue weighted by Gasteiger charge is -2.21. The fourth-order valence-electron chi connectivity index (χ4n) is 7.09. The van der Waals surface area contributed by atoms with E-state index < -0.39 is 18.1 Å². The normalized spacial score (nSPS) is 11.7. The van der Waals surface area contributed by atoms with Crippen molar-refractivity contribution in [3.05, 3.63) is 71.8 Å². The zero-order chi connectivity index (χ0) is 60.6. The van der Waals surface area contributed by atoms with Crippen LogP contribution in [0, 0.1) is 23.7 Å². The topological polar surface area (TPSA) is 213 Å². The van der Waals surface area contributed by atoms with E-state index in [2.05, 4.69) is 45.7 Å². The summed E-state index contributed by atoms with van der Waals surface area (Å²) in [4.78, 5) is 60.4. The Kier molecular flexibility index (Phi) is 46.8. The first-order valence-corrected chi connectivity index (χ1v) is 30.3. The van der Waals surface area contributed by atoms with E-state index in [9.17, 15) is 24.0 Å². The third kappa shape index (κ3) is 48.5. The molecule has 0 saturated heterocycles. The number of amides is 2. The van der Waals surface area contributed by atoms with Crippen molar-refractivity contribution in [2.24, 2.45) is 23.7 Å². The van der Waals surface area contributed by atoms with Crippen LogP contribution in [0.15, 0.2) is 60.7 Å². The van der Waals surface area contributed by atoms with Crippen LogP contribution in [0.4, 0.5) is 0 Å². The molecule has 0 aromatic heterocycles. The molecular formula is C62H106N6O11S2. The molecule has 0 aliphatic rings. The minimum Gasteiger partial charge on any atom is -0.459 e. The van der Waals surface area contributed by atoms with E-state index in [4.69, 9.17) is 52.9 Å². The van der Waals surface area contributed by atoms with Crippen LogP contribution in [-0.4, -0.2) is 130 Å². The van der Waals surface area contributed by atoms with Crippen molar-refractivity contribution in [1.29, 1.82) is 0 Å². The molecule has 2 aromatic rings. The Morgan fingerprint density at radius 2 is 0.852 bits per heavy atom. The van der Waals surface area contributed by atoms with Crippen LogP contribution < -0.4 is 31.9 Å². The minimum atomic E-state index is -0.634. The number of hydrogen-bond acceptors (Lipinski definition) is 13. The van der Waals surface area contributed by atoms with Crippen molar-refractivity contribution in [2.45, 2.75) is 191 Å². The van der Waals surface area contributed by atoms with Gasteiger partial charge >= 0.3 is 11.9 Å². The molecular weight excluding hydrogens is 1070 g/mol. The molecule has 2 rings (SSSR count). The zero-order valence-corrected chi connectivity index (χ0v) is 53.1. The van der Waals surface area contributed by atoms with Gasteiger partial charge in [-0.05, 0) is 132 Å². The molecule has 0 radical (unpaired) electrons. The summed E-state index contributed by atoms with van der Waals surface area (Å²) >= 11 is 10.5. The number of hydrogen-bond donors (Lipinski definition) is 6. The molecule has 0 spiro atoms. The molecule has 17 nitrogen and oxygen atoms in total. The average molecular weight is 1180 g/mol. The molecule has 462 valence electrons. The van der Waals surface area contributed by atoms with Crippen LogP contribution in [0.2, 0.25) is 0 Å². The van der Waals surface area contributed by atoms with Crippen LogP contribution in [0.5, 0.6) is 0 Å². The van der Waals surface area contributed by atoms with Gasteiger partial charge in [-0.1, -0.05) is 116 Å². The largest absolute Gasteiger partial charge is 0.459 e. The molecule has 0 fully saturated rings. The standard InChI is InChI=1S/2C22H35N3O3S.C18H36O5/c1-16(2)14-20(26)25-19(12-8-9-13-23-22(29)24-17(3)4)21(27)28-15-18-10-6-5-7-11-18;1-16(2)14-20(26)23-13-9-8-12-19(25-22(29)24-17(3)4)21(27)28-15-18-10-6-5-7-11-18;1-16(2)7-9-21-11-13-23-15-14-22-12-10-20-8-5-6-18(19)17(3)4/h5-7,10-11,16-17,19H,8-9,12-15H2,1-4H3,(H,25,26)(H2,23,24,29);5-7,10-11,16-17,19H,8-9,12-15H2,1-4H3,(H,23,26)(H2,24,25,29);16-17H,5-15H2,1-4H3. The van der Waals surface area contributed by atoms with Gasteiger partial charge in [0.15, 0.2) is 10.2 Å². The summed E-state index contributed by atoms with van der Waals surface area (Å²) in [5.41, 5.74) is 1.86. The Morgan fingerprint density at radius 3 is 1.30 bits per heavy atom. The maximum Gasteiger partial charge on any atom is 0.328 e. The molecule has 0 aliphatic heterocycles. The van der Waals surface area contributed by atoms with Gasteiger partial charge in [-0.2, -0.15) is 0 Å². The van der Waals surface area contributed by atoms with Crippen LogP contribution in [-0.2, 0) is 65.6 Å². The number of thiocarbonyl (C=S) groups is 2. The highest BCUT2D eigenvalue weighted by Crippen LogP contribution is 2.11. The molecule has 2 aromatic carbocycles. The molecule has 0 bridgehead atoms. The van der Waals surface area contributed by atoms with Crippen molar-refractivity contribution in [3.8, 4) is 0 Å². The van der Waals surface area contributed by atoms with Gasteiger partial charge in [0.1, 0.15) is 31.1 Å². The predicted octanol–water partition coefficient (Wildman–Crippen LogP) is 9.71. The molecule has 19 heteroatoms. The van der Waals surface area contributed by atoms with Crippen LogP contribution in [0.3, 0.4) is 0 Å². The van der Waals surface area contributed by atoms with Gasteiger partial charge in [0.25, 0.3) is 0 Å². The smallest absolute Gasteiger partial charge is 0.328 e. The van der Waals surface area contributed by atoms with Crippen LogP contribution >= 0.6 is 24.4 Å². The van der Waals surface area contributed by atoms with E-state index in [1.165, 1.54) is 0 Å². The highest BCUT2D eigenvalue weighted by atomic mass is 32.1. The second-order valence-corrected chi connectivity index (χ2v) is 22.9. The molecule has 6 N–H and O–H groups in total. The molecule has 2 amide bonds. The summed E-state index contributed by atoms with van der Waals surface area (Å²) in [5.74, 6) is 0.909. The summed E-state index contributed by atoms with van der Waals surface area (Å²) in [6.07, 6.45) is 7.67. The zero-order valence-electron chi connectivity index (χ0n) is 51.5. The van der Waals surface area contributed by atoms with E-state index in [1.54, 1.807) is 0 Å². The summed E-state index contributed by atoms with van der Waals surface area (Å²) in [6, 6.07) is 18.4. The number of ketones is 1. The van der Waals surface area contributed by atoms with Crippen LogP contribution in [0.25, 0.3) is 0 Å². The Bertz CT molecular complexity index is 1850. The van der Waals surface area contributed by atoms with Gasteiger partial charge in [-0.25, -0.2) is 9.59 Å². The SMILES string of the molecule is CC(C)CC(=O)NC(CCCCNC(=S)NC(C)C)C(=O)OCc1ccccc1.CC(C)CC(=O)NCCCCC(NC(=S)NC(C)C)C(=O)OCc1ccccc1.CC(C)CCOCCOCCOCCOCCCC(=O)C(C)C. The molecule has 2 atom stereocenters. The highest BCUT2D eigenvalue weighted by Gasteiger charge is 2.23. The molecule has 0 aliphatic carbocycles. The lowest BCUT2D eigenvalue weighted by atomic mass is 10.1. The van der Waals surface area contributed by atoms with Gasteiger partial charge in [0.2, 0.25) is 11.8 Å². The van der Waals surface area contributed by atoms with E-state index in [0.717, 1.165) is 56.3 Å². The summed E-state index contributed by atoms with van der Waals surface area (Å²) in [5, 5.41) is 19.3. The number of unbranched alkanes of at least 4 members (excludes halogenated alkanes) is 2. The Balaban J connectivity index is 0.00000120. The van der Waals surface area contributed by atoms with Crippen molar-refractivity contribution >= 4 is 64.2 Å². The number of ether oxygens (including phenoxy) is 6. The first-order chi connectivity index (χ1) is 38.6. The first kappa shape index (κ1) is 76.2. The number of benzene rings is 2. The van der Waals surface area contributed by atoms with Crippen molar-refractivity contribution in [1.82, 2.24) is 31.9 Å². The minimum absolute atomic E-state index is 0.0688. The lowest BCUT2D eigenvalue weighted by Crippen LogP contribution is -2.48. The van der Waals surface area contributed by atoms with Crippen LogP contribution in [0.1, 0.15) is 165 Å². The lowest BCUT2D eigenvalue weighted by molar-refractivity contribution is -0.149. The third-order valence-corrected chi connectivity index (χ3v) is 11.9. The maximum atomic E-state index is 12.6. The predicted molar refractivity (Wildman–Crippen MR) is 333 cm³/mol. The summed E-state index contributed by atoms with van der Waals surface area (Å²) in [6.45, 7) is 30.9. The van der Waals surface area contributed by atoms with Gasteiger partial charge in [0, 0.05) is 63.6 Å². The molecule has 81 heavy (non-hydrogen) atoms. The summed E-state index contributed by atoms with van der Waals surface area (Å²) in [7, 11) is 0. The fourth-order valence-corrected chi connectivity index (χ4v) is 7.81. The van der Waals surface area contributed by atoms with E-state index in [1.807, 2.05) is 130 Å². The Labute approximate surface area is 498 Å². The molecule has 0 heterocycles. The number of Topliss-reactive ketones (excluding diaryl/α,β-unsaturated/α-hetero) is 1. The quantitative estimate of drug-likeness (QED) is 0.0208. The van der Waals surface area contributed by atoms with Gasteiger partial charge in [0.05, 0.1) is 39.6 Å². The Morgan fingerprint density at radius 1 is 0.432 bits per heavy atom. The summed E-state index contributed by atoms with van der Waals surface area (Å²) < 4.78 is 32.6. The molecule has 2 unspecified atom stereocenters. The Hall–Kier alpha value is -4.79. The van der Waals surface area contributed by atoms with Crippen molar-refractivity contribution in [3.63, 3.8) is 0 Å². The average Bonchev–Trinajstić information content (AvgIpc) is 3.39. The third-order valence-electron chi connectivity index (χ3n) is 11.4. The van der Waals surface area contributed by atoms with Gasteiger partial charge in [-0.15, -0.1) is 0 Å².